The molecule has 9 bridgehead atoms. The highest BCUT2D eigenvalue weighted by molar-refractivity contribution is 5.74. The zero-order valence-electron chi connectivity index (χ0n) is 47.8. The second kappa shape index (κ2) is 24.8. The number of hydrogen-bond acceptors (Lipinski definition) is 18. The number of aliphatic hydroxyl groups excluding tert-OH is 2. The Bertz CT molecular complexity index is 2030. The number of methoxy groups -OCH3 is 3. The minimum atomic E-state index is -1.22. The third kappa shape index (κ3) is 14.0. The first-order chi connectivity index (χ1) is 36.6. The van der Waals surface area contributed by atoms with Crippen molar-refractivity contribution >= 4 is 11.9 Å². The molecule has 0 aromatic rings. The molecule has 77 heavy (non-hydrogen) atoms. The van der Waals surface area contributed by atoms with E-state index in [-0.39, 0.29) is 73.2 Å². The molecule has 9 aliphatic rings. The van der Waals surface area contributed by atoms with E-state index >= 15 is 0 Å². The fraction of sp³-hybridized carbons (Fsp3) is 0.898. The highest BCUT2D eigenvalue weighted by Gasteiger charge is 2.61. The summed E-state index contributed by atoms with van der Waals surface area (Å²) in [4.78, 5) is 25.9. The Labute approximate surface area is 457 Å². The van der Waals surface area contributed by atoms with Crippen molar-refractivity contribution in [2.45, 2.75) is 297 Å². The molecule has 438 valence electrons. The van der Waals surface area contributed by atoms with E-state index < -0.39 is 89.8 Å². The van der Waals surface area contributed by atoms with Crippen molar-refractivity contribution in [3.05, 3.63) is 24.3 Å². The number of esters is 2. The quantitative estimate of drug-likeness (QED) is 0.165. The van der Waals surface area contributed by atoms with Crippen LogP contribution in [0.1, 0.15) is 177 Å². The summed E-state index contributed by atoms with van der Waals surface area (Å²) in [6.45, 7) is 14.3. The van der Waals surface area contributed by atoms with Gasteiger partial charge in [-0.25, -0.2) is 4.79 Å². The van der Waals surface area contributed by atoms with Crippen LogP contribution in [-0.2, 0) is 75.9 Å². The fourth-order valence-electron chi connectivity index (χ4n) is 14.2. The molecular weight excluding hydrogens is 997 g/mol. The van der Waals surface area contributed by atoms with Crippen LogP contribution >= 0.6 is 0 Å². The molecule has 9 fully saturated rings. The summed E-state index contributed by atoms with van der Waals surface area (Å²) in [5.41, 5.74) is 0. The maximum atomic E-state index is 14.3. The summed E-state index contributed by atoms with van der Waals surface area (Å²) < 4.78 is 92.9. The standard InChI is InChI=1S/C59H94O18/c1-35-23-26-57-28-25-44(65-9)52(76-57)53-50(73-56(6,7)75-53)36(2)21-22-40-31-41(64-8)33-58(69-40)27-24-37(3)59(77-58)34-48(43(72-59)19-15-13-11-12-14-18-42(61)54(63)66-10)68-49(62)32-39-17-16-20-45(67-39)51-47(70-55(4,5)74-51)30-38(60)29-46(35)71-57/h12-15,35-48,50-53,60-61H,11,16-34H2,1-10H3/b14-12-,15-13+/t35-,36-,37-,38+,39+,40+,41-,42+,43-,44-,45-,46+,47-,48-,50-,51+,52-,53-,57-,58+,59+/m0/s1. The molecule has 3 spiro atoms. The number of aliphatic hydroxyl groups is 2. The Morgan fingerprint density at radius 3 is 2.17 bits per heavy atom. The van der Waals surface area contributed by atoms with E-state index in [4.69, 9.17) is 61.6 Å². The minimum absolute atomic E-state index is 0.0359. The monoisotopic (exact) mass is 1090 g/mol. The van der Waals surface area contributed by atoms with Crippen LogP contribution in [0.2, 0.25) is 0 Å². The third-order valence-corrected chi connectivity index (χ3v) is 18.4. The normalized spacial score (nSPS) is 46.1. The van der Waals surface area contributed by atoms with Gasteiger partial charge in [-0.2, -0.15) is 0 Å². The van der Waals surface area contributed by atoms with Crippen LogP contribution in [0.4, 0.5) is 0 Å². The molecular formula is C59H94O18. The van der Waals surface area contributed by atoms with Crippen molar-refractivity contribution in [3.63, 3.8) is 0 Å². The van der Waals surface area contributed by atoms with Crippen molar-refractivity contribution in [2.75, 3.05) is 21.3 Å². The molecule has 0 saturated carbocycles. The molecule has 21 atom stereocenters. The molecule has 0 aromatic carbocycles. The van der Waals surface area contributed by atoms with Crippen molar-refractivity contribution in [3.8, 4) is 0 Å². The summed E-state index contributed by atoms with van der Waals surface area (Å²) in [5.74, 6) is -5.63. The number of carbonyl (C=O) groups is 2. The maximum absolute atomic E-state index is 14.3. The van der Waals surface area contributed by atoms with E-state index in [0.717, 1.165) is 44.9 Å². The van der Waals surface area contributed by atoms with Crippen LogP contribution in [0.5, 0.6) is 0 Å². The second-order valence-corrected chi connectivity index (χ2v) is 25.2. The van der Waals surface area contributed by atoms with E-state index in [1.807, 2.05) is 45.9 Å². The van der Waals surface area contributed by atoms with Gasteiger partial charge in [0, 0.05) is 71.5 Å². The zero-order chi connectivity index (χ0) is 54.9. The molecule has 0 aromatic heterocycles. The molecule has 9 heterocycles. The molecule has 2 N–H and O–H groups in total. The first kappa shape index (κ1) is 59.5. The van der Waals surface area contributed by atoms with Crippen LogP contribution in [0.15, 0.2) is 24.3 Å². The number of rotatable bonds is 9. The van der Waals surface area contributed by atoms with Crippen LogP contribution < -0.4 is 0 Å². The van der Waals surface area contributed by atoms with E-state index in [1.165, 1.54) is 7.11 Å². The van der Waals surface area contributed by atoms with E-state index in [0.29, 0.717) is 70.6 Å². The van der Waals surface area contributed by atoms with Crippen LogP contribution in [0.25, 0.3) is 0 Å². The summed E-state index contributed by atoms with van der Waals surface area (Å²) in [6.07, 6.45) is 12.3. The van der Waals surface area contributed by atoms with Gasteiger partial charge in [0.1, 0.15) is 30.5 Å². The minimum Gasteiger partial charge on any atom is -0.467 e. The average molecular weight is 1090 g/mol. The number of allylic oxidation sites excluding steroid dienone is 2. The van der Waals surface area contributed by atoms with Gasteiger partial charge in [0.15, 0.2) is 35.0 Å². The van der Waals surface area contributed by atoms with Crippen molar-refractivity contribution in [1.82, 2.24) is 0 Å². The average Bonchev–Trinajstić information content (AvgIpc) is 4.02. The third-order valence-electron chi connectivity index (χ3n) is 18.4. The Kier molecular flexibility index (Phi) is 19.1. The first-order valence-corrected chi connectivity index (χ1v) is 29.4. The number of carbonyl (C=O) groups excluding carboxylic acids is 2. The maximum Gasteiger partial charge on any atom is 0.335 e. The Balaban J connectivity index is 0.990. The fourth-order valence-corrected chi connectivity index (χ4v) is 14.2. The zero-order valence-corrected chi connectivity index (χ0v) is 47.8. The van der Waals surface area contributed by atoms with Gasteiger partial charge >= 0.3 is 11.9 Å². The Hall–Kier alpha value is -2.14. The second-order valence-electron chi connectivity index (χ2n) is 25.2. The topological polar surface area (TPSA) is 204 Å². The van der Waals surface area contributed by atoms with E-state index in [9.17, 15) is 19.8 Å². The van der Waals surface area contributed by atoms with Crippen molar-refractivity contribution < 1.29 is 86.1 Å². The highest BCUT2D eigenvalue weighted by atomic mass is 16.8. The molecule has 0 amide bonds. The molecule has 0 aliphatic carbocycles. The van der Waals surface area contributed by atoms with Gasteiger partial charge in [-0.05, 0) is 110 Å². The van der Waals surface area contributed by atoms with Crippen molar-refractivity contribution in [1.29, 1.82) is 0 Å². The SMILES string of the molecule is COC(=O)[C@H](O)C/C=C\C/C=C/C[C@@H]1O[C@@]23C[C@@H]1OC(=O)C[C@H]1CCC[C@H](O1)[C@H]1OC(C)(C)O[C@H]1C[C@H](O)C[C@H]1O[C@@]4(CC[C@H](OC)[C@H](O4)[C@H]4OC(C)(C)O[C@H]4[C@@H](C)CC[C@@H]4C[C@H](OC)C[C@](CC[C@@H]2C)(O4)O3)CC[C@@H]1C. The summed E-state index contributed by atoms with van der Waals surface area (Å²) in [7, 11) is 4.74. The van der Waals surface area contributed by atoms with Gasteiger partial charge in [0.25, 0.3) is 0 Å². The predicted octanol–water partition coefficient (Wildman–Crippen LogP) is 8.18. The van der Waals surface area contributed by atoms with Crippen LogP contribution in [0.3, 0.4) is 0 Å². The van der Waals surface area contributed by atoms with Crippen LogP contribution in [0, 0.1) is 17.8 Å². The van der Waals surface area contributed by atoms with Gasteiger partial charge in [-0.15, -0.1) is 0 Å². The molecule has 9 saturated heterocycles. The summed E-state index contributed by atoms with van der Waals surface area (Å²) >= 11 is 0. The Morgan fingerprint density at radius 2 is 1.39 bits per heavy atom. The molecule has 9 rings (SSSR count). The number of ether oxygens (including phenoxy) is 14. The lowest BCUT2D eigenvalue weighted by molar-refractivity contribution is -0.414. The lowest BCUT2D eigenvalue weighted by Crippen LogP contribution is -2.59. The molecule has 18 nitrogen and oxygen atoms in total. The van der Waals surface area contributed by atoms with Crippen molar-refractivity contribution in [2.24, 2.45) is 17.8 Å². The largest absolute Gasteiger partial charge is 0.467 e. The lowest BCUT2D eigenvalue weighted by atomic mass is 9.81. The lowest BCUT2D eigenvalue weighted by Gasteiger charge is -2.53. The van der Waals surface area contributed by atoms with Gasteiger partial charge in [0.05, 0.1) is 68.5 Å². The number of hydrogen-bond donors (Lipinski definition) is 2. The van der Waals surface area contributed by atoms with Gasteiger partial charge in [0.2, 0.25) is 0 Å². The molecule has 9 aliphatic heterocycles. The smallest absolute Gasteiger partial charge is 0.335 e. The molecule has 0 unspecified atom stereocenters. The first-order valence-electron chi connectivity index (χ1n) is 29.4. The van der Waals surface area contributed by atoms with E-state index in [2.05, 4.69) is 25.5 Å². The van der Waals surface area contributed by atoms with Gasteiger partial charge in [-0.3, -0.25) is 4.79 Å². The summed E-state index contributed by atoms with van der Waals surface area (Å²) in [5, 5.41) is 22.0. The summed E-state index contributed by atoms with van der Waals surface area (Å²) in [6, 6.07) is 0. The predicted molar refractivity (Wildman–Crippen MR) is 279 cm³/mol. The highest BCUT2D eigenvalue weighted by Crippen LogP contribution is 2.54. The molecule has 0 radical (unpaired) electrons. The van der Waals surface area contributed by atoms with E-state index in [1.54, 1.807) is 20.3 Å². The Morgan fingerprint density at radius 1 is 0.662 bits per heavy atom. The van der Waals surface area contributed by atoms with Gasteiger partial charge in [-0.1, -0.05) is 45.1 Å². The van der Waals surface area contributed by atoms with Crippen LogP contribution in [-0.4, -0.2) is 164 Å². The number of fused-ring (bicyclic) bond motifs is 10. The molecule has 18 heteroatoms. The van der Waals surface area contributed by atoms with Gasteiger partial charge < -0.3 is 76.5 Å².